The molecule has 2 aromatic carbocycles. The Bertz CT molecular complexity index is 812. The third-order valence-corrected chi connectivity index (χ3v) is 4.90. The van der Waals surface area contributed by atoms with Crippen molar-refractivity contribution in [1.29, 1.82) is 5.26 Å². The molecular formula is C22H27IN4O. The molecule has 1 heterocycles. The quantitative estimate of drug-likeness (QED) is 0.389. The SMILES string of the molecule is CCNC(=NCc1ccc(C#N)cc1)N1CCC(c2ccc(OC)cc2)C1.I. The van der Waals surface area contributed by atoms with Crippen LogP contribution in [-0.4, -0.2) is 37.6 Å². The fourth-order valence-electron chi connectivity index (χ4n) is 3.38. The van der Waals surface area contributed by atoms with E-state index in [-0.39, 0.29) is 24.0 Å². The van der Waals surface area contributed by atoms with Gasteiger partial charge in [-0.25, -0.2) is 4.99 Å². The molecule has 3 rings (SSSR count). The molecule has 1 N–H and O–H groups in total. The number of nitrogens with one attached hydrogen (secondary N) is 1. The highest BCUT2D eigenvalue weighted by Gasteiger charge is 2.26. The highest BCUT2D eigenvalue weighted by atomic mass is 127. The molecule has 0 spiro atoms. The molecule has 1 atom stereocenters. The Morgan fingerprint density at radius 2 is 1.93 bits per heavy atom. The summed E-state index contributed by atoms with van der Waals surface area (Å²) < 4.78 is 5.25. The molecule has 1 fully saturated rings. The number of hydrogen-bond donors (Lipinski definition) is 1. The first kappa shape index (κ1) is 22.0. The van der Waals surface area contributed by atoms with Crippen LogP contribution in [0.25, 0.3) is 0 Å². The monoisotopic (exact) mass is 490 g/mol. The van der Waals surface area contributed by atoms with Gasteiger partial charge in [0.1, 0.15) is 5.75 Å². The Kier molecular flexibility index (Phi) is 8.58. The number of guanidine groups is 1. The maximum absolute atomic E-state index is 8.91. The fourth-order valence-corrected chi connectivity index (χ4v) is 3.38. The largest absolute Gasteiger partial charge is 0.497 e. The van der Waals surface area contributed by atoms with Crippen LogP contribution in [0.5, 0.6) is 5.75 Å². The van der Waals surface area contributed by atoms with E-state index >= 15 is 0 Å². The first-order chi connectivity index (χ1) is 13.2. The number of aliphatic imine (C=N–C) groups is 1. The Morgan fingerprint density at radius 1 is 1.21 bits per heavy atom. The maximum atomic E-state index is 8.91. The molecule has 6 heteroatoms. The summed E-state index contributed by atoms with van der Waals surface area (Å²) in [6.07, 6.45) is 1.12. The maximum Gasteiger partial charge on any atom is 0.194 e. The number of nitrogens with zero attached hydrogens (tertiary/aromatic N) is 3. The van der Waals surface area contributed by atoms with Gasteiger partial charge < -0.3 is 15.0 Å². The molecule has 0 aromatic heterocycles. The van der Waals surface area contributed by atoms with Crippen molar-refractivity contribution in [3.8, 4) is 11.8 Å². The second-order valence-corrected chi connectivity index (χ2v) is 6.68. The first-order valence-corrected chi connectivity index (χ1v) is 9.39. The number of likely N-dealkylation sites (tertiary alicyclic amines) is 1. The van der Waals surface area contributed by atoms with Crippen LogP contribution in [0.4, 0.5) is 0 Å². The van der Waals surface area contributed by atoms with Crippen molar-refractivity contribution in [2.45, 2.75) is 25.8 Å². The average Bonchev–Trinajstić information content (AvgIpc) is 3.21. The van der Waals surface area contributed by atoms with Crippen LogP contribution in [0.3, 0.4) is 0 Å². The summed E-state index contributed by atoms with van der Waals surface area (Å²) in [6.45, 7) is 5.50. The van der Waals surface area contributed by atoms with Crippen LogP contribution in [0.1, 0.15) is 36.0 Å². The summed E-state index contributed by atoms with van der Waals surface area (Å²) in [5.41, 5.74) is 3.13. The predicted octanol–water partition coefficient (Wildman–Crippen LogP) is 4.14. The Balaban J connectivity index is 0.00000280. The average molecular weight is 490 g/mol. The fraction of sp³-hybridized carbons (Fsp3) is 0.364. The van der Waals surface area contributed by atoms with Gasteiger partial charge in [-0.3, -0.25) is 0 Å². The minimum atomic E-state index is 0. The van der Waals surface area contributed by atoms with Gasteiger partial charge in [0.05, 0.1) is 25.3 Å². The summed E-state index contributed by atoms with van der Waals surface area (Å²) in [4.78, 5) is 7.14. The molecule has 1 saturated heterocycles. The molecule has 5 nitrogen and oxygen atoms in total. The Morgan fingerprint density at radius 3 is 2.54 bits per heavy atom. The topological polar surface area (TPSA) is 60.7 Å². The van der Waals surface area contributed by atoms with Gasteiger partial charge >= 0.3 is 0 Å². The molecule has 1 unspecified atom stereocenters. The van der Waals surface area contributed by atoms with E-state index in [4.69, 9.17) is 15.0 Å². The molecule has 148 valence electrons. The lowest BCUT2D eigenvalue weighted by Crippen LogP contribution is -2.40. The molecule has 28 heavy (non-hydrogen) atoms. The van der Waals surface area contributed by atoms with Crippen LogP contribution in [-0.2, 0) is 6.54 Å². The van der Waals surface area contributed by atoms with Crippen LogP contribution < -0.4 is 10.1 Å². The van der Waals surface area contributed by atoms with Crippen LogP contribution >= 0.6 is 24.0 Å². The zero-order valence-electron chi connectivity index (χ0n) is 16.4. The summed E-state index contributed by atoms with van der Waals surface area (Å²) in [6, 6.07) is 18.1. The van der Waals surface area contributed by atoms with Crippen molar-refractivity contribution >= 4 is 29.9 Å². The normalized spacial score (nSPS) is 16.2. The summed E-state index contributed by atoms with van der Waals surface area (Å²) >= 11 is 0. The van der Waals surface area contributed by atoms with E-state index in [9.17, 15) is 0 Å². The smallest absolute Gasteiger partial charge is 0.194 e. The van der Waals surface area contributed by atoms with Crippen molar-refractivity contribution < 1.29 is 4.74 Å². The number of hydrogen-bond acceptors (Lipinski definition) is 3. The molecule has 0 amide bonds. The standard InChI is InChI=1S/C22H26N4O.HI/c1-3-24-22(25-15-18-6-4-17(14-23)5-7-18)26-13-12-20(16-26)19-8-10-21(27-2)11-9-19;/h4-11,20H,3,12-13,15-16H2,1-2H3,(H,24,25);1H. The number of benzene rings is 2. The highest BCUT2D eigenvalue weighted by Crippen LogP contribution is 2.28. The van der Waals surface area contributed by atoms with Gasteiger partial charge in [0.25, 0.3) is 0 Å². The number of nitriles is 1. The van der Waals surface area contributed by atoms with Crippen molar-refractivity contribution in [3.63, 3.8) is 0 Å². The lowest BCUT2D eigenvalue weighted by molar-refractivity contribution is 0.414. The molecule has 0 radical (unpaired) electrons. The first-order valence-electron chi connectivity index (χ1n) is 9.39. The number of ether oxygens (including phenoxy) is 1. The van der Waals surface area contributed by atoms with Gasteiger partial charge in [0.15, 0.2) is 5.96 Å². The number of methoxy groups -OCH3 is 1. The Hall–Kier alpha value is -2.27. The zero-order chi connectivity index (χ0) is 19.1. The highest BCUT2D eigenvalue weighted by molar-refractivity contribution is 14.0. The number of halogens is 1. The van der Waals surface area contributed by atoms with Gasteiger partial charge in [-0.05, 0) is 48.7 Å². The van der Waals surface area contributed by atoms with E-state index < -0.39 is 0 Å². The van der Waals surface area contributed by atoms with Crippen molar-refractivity contribution in [3.05, 3.63) is 65.2 Å². The van der Waals surface area contributed by atoms with E-state index in [1.165, 1.54) is 5.56 Å². The molecular weight excluding hydrogens is 463 g/mol. The van der Waals surface area contributed by atoms with E-state index in [0.29, 0.717) is 18.0 Å². The molecule has 0 bridgehead atoms. The minimum absolute atomic E-state index is 0. The zero-order valence-corrected chi connectivity index (χ0v) is 18.7. The Labute approximate surface area is 184 Å². The van der Waals surface area contributed by atoms with Gasteiger partial charge in [-0.1, -0.05) is 24.3 Å². The van der Waals surface area contributed by atoms with E-state index in [2.05, 4.69) is 35.3 Å². The van der Waals surface area contributed by atoms with Crippen molar-refractivity contribution in [2.24, 2.45) is 4.99 Å². The predicted molar refractivity (Wildman–Crippen MR) is 123 cm³/mol. The molecule has 0 saturated carbocycles. The van der Waals surface area contributed by atoms with Gasteiger partial charge in [0.2, 0.25) is 0 Å². The molecule has 1 aliphatic rings. The minimum Gasteiger partial charge on any atom is -0.497 e. The van der Waals surface area contributed by atoms with Crippen LogP contribution in [0.2, 0.25) is 0 Å². The molecule has 2 aromatic rings. The third-order valence-electron chi connectivity index (χ3n) is 4.90. The third kappa shape index (κ3) is 5.61. The van der Waals surface area contributed by atoms with Crippen LogP contribution in [0.15, 0.2) is 53.5 Å². The van der Waals surface area contributed by atoms with E-state index in [1.54, 1.807) is 7.11 Å². The van der Waals surface area contributed by atoms with Gasteiger partial charge in [-0.2, -0.15) is 5.26 Å². The van der Waals surface area contributed by atoms with E-state index in [1.807, 2.05) is 36.4 Å². The van der Waals surface area contributed by atoms with Crippen LogP contribution in [0, 0.1) is 11.3 Å². The summed E-state index contributed by atoms with van der Waals surface area (Å²) in [5.74, 6) is 2.36. The number of rotatable bonds is 5. The molecule has 1 aliphatic heterocycles. The lowest BCUT2D eigenvalue weighted by Gasteiger charge is -2.22. The van der Waals surface area contributed by atoms with Crippen molar-refractivity contribution in [2.75, 3.05) is 26.7 Å². The van der Waals surface area contributed by atoms with E-state index in [0.717, 1.165) is 43.3 Å². The summed E-state index contributed by atoms with van der Waals surface area (Å²) in [5, 5.41) is 12.3. The summed E-state index contributed by atoms with van der Waals surface area (Å²) in [7, 11) is 1.69. The lowest BCUT2D eigenvalue weighted by atomic mass is 9.98. The van der Waals surface area contributed by atoms with Crippen molar-refractivity contribution in [1.82, 2.24) is 10.2 Å². The second-order valence-electron chi connectivity index (χ2n) is 6.68. The van der Waals surface area contributed by atoms with Gasteiger partial charge in [0, 0.05) is 25.6 Å². The molecule has 0 aliphatic carbocycles. The van der Waals surface area contributed by atoms with Gasteiger partial charge in [-0.15, -0.1) is 24.0 Å². The second kappa shape index (κ2) is 10.9.